The van der Waals surface area contributed by atoms with E-state index < -0.39 is 0 Å². The van der Waals surface area contributed by atoms with E-state index in [-0.39, 0.29) is 0 Å². The highest BCUT2D eigenvalue weighted by Gasteiger charge is 2.08. The van der Waals surface area contributed by atoms with Gasteiger partial charge in [0.25, 0.3) is 0 Å². The molecule has 2 rings (SSSR count). The monoisotopic (exact) mass is 248 g/mol. The van der Waals surface area contributed by atoms with Crippen molar-refractivity contribution in [1.82, 2.24) is 10.3 Å². The number of thiazole rings is 1. The average Bonchev–Trinajstić information content (AvgIpc) is 2.85. The van der Waals surface area contributed by atoms with Crippen molar-refractivity contribution in [3.05, 3.63) is 34.7 Å². The number of likely N-dealkylation sites (N-methyl/N-ethyl adjacent to an activating group) is 1. The van der Waals surface area contributed by atoms with Gasteiger partial charge in [0.05, 0.1) is 17.8 Å². The average molecular weight is 248 g/mol. The van der Waals surface area contributed by atoms with Crippen molar-refractivity contribution in [2.24, 2.45) is 0 Å². The lowest BCUT2D eigenvalue weighted by atomic mass is 10.1. The van der Waals surface area contributed by atoms with Gasteiger partial charge in [0.2, 0.25) is 0 Å². The number of para-hydroxylation sites is 1. The minimum absolute atomic E-state index is 0.873. The number of aromatic nitrogens is 1. The van der Waals surface area contributed by atoms with Crippen LogP contribution in [0.2, 0.25) is 0 Å². The van der Waals surface area contributed by atoms with E-state index >= 15 is 0 Å². The third kappa shape index (κ3) is 2.84. The Morgan fingerprint density at radius 2 is 2.18 bits per heavy atom. The number of ether oxygens (including phenoxy) is 1. The van der Waals surface area contributed by atoms with E-state index in [1.54, 1.807) is 18.4 Å². The van der Waals surface area contributed by atoms with Gasteiger partial charge in [0.1, 0.15) is 5.75 Å². The molecule has 3 nitrogen and oxygen atoms in total. The highest BCUT2D eigenvalue weighted by atomic mass is 32.1. The third-order valence-electron chi connectivity index (χ3n) is 2.52. The van der Waals surface area contributed by atoms with Gasteiger partial charge in [-0.2, -0.15) is 0 Å². The SMILES string of the molecule is CNCCc1nc(-c2ccccc2OC)cs1. The maximum atomic E-state index is 5.34. The quantitative estimate of drug-likeness (QED) is 0.883. The molecule has 1 heterocycles. The molecule has 0 aliphatic carbocycles. The molecule has 0 saturated heterocycles. The summed E-state index contributed by atoms with van der Waals surface area (Å²) < 4.78 is 5.34. The molecule has 0 unspecified atom stereocenters. The highest BCUT2D eigenvalue weighted by molar-refractivity contribution is 7.09. The van der Waals surface area contributed by atoms with Crippen LogP contribution in [0.3, 0.4) is 0 Å². The van der Waals surface area contributed by atoms with Gasteiger partial charge in [0.15, 0.2) is 0 Å². The molecule has 0 fully saturated rings. The summed E-state index contributed by atoms with van der Waals surface area (Å²) in [5.41, 5.74) is 2.06. The van der Waals surface area contributed by atoms with E-state index in [0.717, 1.165) is 35.0 Å². The molecule has 2 aromatic rings. The Balaban J connectivity index is 2.24. The van der Waals surface area contributed by atoms with Gasteiger partial charge in [0, 0.05) is 23.9 Å². The van der Waals surface area contributed by atoms with Gasteiger partial charge in [-0.1, -0.05) is 12.1 Å². The van der Waals surface area contributed by atoms with E-state index in [0.29, 0.717) is 0 Å². The first-order valence-corrected chi connectivity index (χ1v) is 6.45. The summed E-state index contributed by atoms with van der Waals surface area (Å²) in [7, 11) is 3.64. The second-order valence-corrected chi connectivity index (χ2v) is 4.62. The number of methoxy groups -OCH3 is 1. The summed E-state index contributed by atoms with van der Waals surface area (Å²) >= 11 is 1.70. The lowest BCUT2D eigenvalue weighted by Crippen LogP contribution is -2.09. The van der Waals surface area contributed by atoms with Gasteiger partial charge in [-0.05, 0) is 19.2 Å². The maximum Gasteiger partial charge on any atom is 0.128 e. The Morgan fingerprint density at radius 1 is 1.35 bits per heavy atom. The Hall–Kier alpha value is -1.39. The second-order valence-electron chi connectivity index (χ2n) is 3.68. The van der Waals surface area contributed by atoms with E-state index in [1.807, 2.05) is 31.3 Å². The van der Waals surface area contributed by atoms with E-state index in [4.69, 9.17) is 4.74 Å². The lowest BCUT2D eigenvalue weighted by molar-refractivity contribution is 0.416. The van der Waals surface area contributed by atoms with Crippen molar-refractivity contribution in [3.8, 4) is 17.0 Å². The molecule has 17 heavy (non-hydrogen) atoms. The molecular formula is C13H16N2OS. The first-order chi connectivity index (χ1) is 8.35. The van der Waals surface area contributed by atoms with Crippen molar-refractivity contribution in [2.75, 3.05) is 20.7 Å². The molecule has 0 aliphatic rings. The first kappa shape index (κ1) is 12.1. The zero-order valence-corrected chi connectivity index (χ0v) is 10.9. The van der Waals surface area contributed by atoms with Crippen LogP contribution in [-0.4, -0.2) is 25.7 Å². The predicted molar refractivity (Wildman–Crippen MR) is 71.7 cm³/mol. The van der Waals surface area contributed by atoms with Crippen LogP contribution in [0.25, 0.3) is 11.3 Å². The van der Waals surface area contributed by atoms with Crippen LogP contribution < -0.4 is 10.1 Å². The summed E-state index contributed by atoms with van der Waals surface area (Å²) in [6.45, 7) is 0.957. The fourth-order valence-electron chi connectivity index (χ4n) is 1.64. The molecule has 1 aromatic heterocycles. The van der Waals surface area contributed by atoms with Crippen LogP contribution in [0.4, 0.5) is 0 Å². The summed E-state index contributed by atoms with van der Waals surface area (Å²) in [4.78, 5) is 4.63. The Morgan fingerprint density at radius 3 is 2.94 bits per heavy atom. The van der Waals surface area contributed by atoms with Gasteiger partial charge in [-0.15, -0.1) is 11.3 Å². The third-order valence-corrected chi connectivity index (χ3v) is 3.43. The van der Waals surface area contributed by atoms with Gasteiger partial charge < -0.3 is 10.1 Å². The minimum atomic E-state index is 0.873. The molecule has 0 aliphatic heterocycles. The lowest BCUT2D eigenvalue weighted by Gasteiger charge is -2.04. The molecule has 0 amide bonds. The molecule has 0 bridgehead atoms. The van der Waals surface area contributed by atoms with Crippen molar-refractivity contribution >= 4 is 11.3 Å². The summed E-state index contributed by atoms with van der Waals surface area (Å²) in [5, 5.41) is 6.37. The van der Waals surface area contributed by atoms with Crippen molar-refractivity contribution in [3.63, 3.8) is 0 Å². The highest BCUT2D eigenvalue weighted by Crippen LogP contribution is 2.30. The standard InChI is InChI=1S/C13H16N2OS/c1-14-8-7-13-15-11(9-17-13)10-5-3-4-6-12(10)16-2/h3-6,9,14H,7-8H2,1-2H3. The number of nitrogens with one attached hydrogen (secondary N) is 1. The van der Waals surface area contributed by atoms with Crippen molar-refractivity contribution in [2.45, 2.75) is 6.42 Å². The molecule has 1 aromatic carbocycles. The van der Waals surface area contributed by atoms with E-state index in [2.05, 4.69) is 15.7 Å². The first-order valence-electron chi connectivity index (χ1n) is 5.57. The number of nitrogens with zero attached hydrogens (tertiary/aromatic N) is 1. The number of hydrogen-bond acceptors (Lipinski definition) is 4. The molecule has 0 spiro atoms. The van der Waals surface area contributed by atoms with Crippen LogP contribution >= 0.6 is 11.3 Å². The fourth-order valence-corrected chi connectivity index (χ4v) is 2.44. The summed E-state index contributed by atoms with van der Waals surface area (Å²) in [6, 6.07) is 7.97. The summed E-state index contributed by atoms with van der Waals surface area (Å²) in [6.07, 6.45) is 0.969. The molecular weight excluding hydrogens is 232 g/mol. The number of hydrogen-bond donors (Lipinski definition) is 1. The zero-order valence-electron chi connectivity index (χ0n) is 10.1. The molecule has 1 N–H and O–H groups in total. The van der Waals surface area contributed by atoms with Crippen LogP contribution in [0.15, 0.2) is 29.6 Å². The Labute approximate surface area is 105 Å². The fraction of sp³-hybridized carbons (Fsp3) is 0.308. The molecule has 4 heteroatoms. The van der Waals surface area contributed by atoms with Gasteiger partial charge in [-0.25, -0.2) is 4.98 Å². The van der Waals surface area contributed by atoms with Gasteiger partial charge in [-0.3, -0.25) is 0 Å². The normalized spacial score (nSPS) is 10.5. The molecule has 0 atom stereocenters. The summed E-state index contributed by atoms with van der Waals surface area (Å²) in [5.74, 6) is 0.873. The Kier molecular flexibility index (Phi) is 4.12. The van der Waals surface area contributed by atoms with E-state index in [9.17, 15) is 0 Å². The second kappa shape index (κ2) is 5.80. The van der Waals surface area contributed by atoms with Crippen LogP contribution in [0.5, 0.6) is 5.75 Å². The molecule has 0 radical (unpaired) electrons. The van der Waals surface area contributed by atoms with E-state index in [1.165, 1.54) is 0 Å². The predicted octanol–water partition coefficient (Wildman–Crippen LogP) is 2.58. The largest absolute Gasteiger partial charge is 0.496 e. The van der Waals surface area contributed by atoms with Crippen LogP contribution in [0.1, 0.15) is 5.01 Å². The van der Waals surface area contributed by atoms with Crippen LogP contribution in [-0.2, 0) is 6.42 Å². The topological polar surface area (TPSA) is 34.2 Å². The minimum Gasteiger partial charge on any atom is -0.496 e. The van der Waals surface area contributed by atoms with Gasteiger partial charge >= 0.3 is 0 Å². The number of rotatable bonds is 5. The Bertz CT molecular complexity index is 482. The van der Waals surface area contributed by atoms with Crippen molar-refractivity contribution < 1.29 is 4.74 Å². The maximum absolute atomic E-state index is 5.34. The number of benzene rings is 1. The molecule has 0 saturated carbocycles. The van der Waals surface area contributed by atoms with Crippen molar-refractivity contribution in [1.29, 1.82) is 0 Å². The molecule has 90 valence electrons. The smallest absolute Gasteiger partial charge is 0.128 e. The zero-order chi connectivity index (χ0) is 12.1. The van der Waals surface area contributed by atoms with Crippen LogP contribution in [0, 0.1) is 0 Å².